The molecule has 3 aromatic rings. The minimum atomic E-state index is -4.37. The molecule has 4 rings (SSSR count). The Morgan fingerprint density at radius 1 is 1.10 bits per heavy atom. The lowest BCUT2D eigenvalue weighted by Gasteiger charge is -2.31. The van der Waals surface area contributed by atoms with E-state index in [0.717, 1.165) is 28.6 Å². The number of halogens is 3. The molecule has 8 heteroatoms. The predicted octanol–water partition coefficient (Wildman–Crippen LogP) is 4.48. The highest BCUT2D eigenvalue weighted by molar-refractivity contribution is 7.80. The zero-order valence-corrected chi connectivity index (χ0v) is 16.1. The summed E-state index contributed by atoms with van der Waals surface area (Å²) in [4.78, 5) is 13.9. The van der Waals surface area contributed by atoms with Gasteiger partial charge in [-0.05, 0) is 35.7 Å². The lowest BCUT2D eigenvalue weighted by Crippen LogP contribution is -2.37. The van der Waals surface area contributed by atoms with Gasteiger partial charge < -0.3 is 14.6 Å². The second-order valence-electron chi connectivity index (χ2n) is 7.00. The van der Waals surface area contributed by atoms with Gasteiger partial charge in [0.05, 0.1) is 11.3 Å². The number of carboxylic acid groups (broad SMARTS) is 1. The molecule has 0 radical (unpaired) electrons. The summed E-state index contributed by atoms with van der Waals surface area (Å²) >= 11 is 5.68. The summed E-state index contributed by atoms with van der Waals surface area (Å²) < 4.78 is 40.0. The van der Waals surface area contributed by atoms with E-state index in [4.69, 9.17) is 12.2 Å². The lowest BCUT2D eigenvalue weighted by molar-refractivity contribution is -0.138. The molecule has 0 aliphatic carbocycles. The molecular weight excluding hydrogens is 401 g/mol. The van der Waals surface area contributed by atoms with Gasteiger partial charge in [-0.3, -0.25) is 4.79 Å². The van der Waals surface area contributed by atoms with Gasteiger partial charge in [0.25, 0.3) is 0 Å². The third-order valence-electron chi connectivity index (χ3n) is 5.15. The van der Waals surface area contributed by atoms with Crippen molar-refractivity contribution in [1.82, 2.24) is 9.47 Å². The maximum absolute atomic E-state index is 12.8. The van der Waals surface area contributed by atoms with Crippen LogP contribution in [0.1, 0.15) is 22.4 Å². The van der Waals surface area contributed by atoms with Gasteiger partial charge >= 0.3 is 12.1 Å². The number of benzene rings is 2. The average molecular weight is 418 g/mol. The summed E-state index contributed by atoms with van der Waals surface area (Å²) in [6, 6.07) is 12.6. The Hall–Kier alpha value is -2.87. The van der Waals surface area contributed by atoms with Crippen molar-refractivity contribution >= 4 is 34.1 Å². The van der Waals surface area contributed by atoms with Crippen LogP contribution in [0.25, 0.3) is 10.9 Å². The van der Waals surface area contributed by atoms with Crippen LogP contribution in [0.4, 0.5) is 13.2 Å². The fraction of sp³-hybridized carbons (Fsp3) is 0.238. The Kier molecular flexibility index (Phi) is 4.82. The Bertz CT molecular complexity index is 1100. The molecule has 2 heterocycles. The van der Waals surface area contributed by atoms with Crippen molar-refractivity contribution in [1.29, 1.82) is 0 Å². The van der Waals surface area contributed by atoms with Gasteiger partial charge in [-0.2, -0.15) is 13.2 Å². The highest BCUT2D eigenvalue weighted by Gasteiger charge is 2.31. The van der Waals surface area contributed by atoms with Crippen LogP contribution >= 0.6 is 12.2 Å². The molecule has 1 aromatic heterocycles. The number of rotatable bonds is 4. The van der Waals surface area contributed by atoms with Gasteiger partial charge in [-0.15, -0.1) is 0 Å². The van der Waals surface area contributed by atoms with E-state index in [0.29, 0.717) is 35.8 Å². The first-order valence-electron chi connectivity index (χ1n) is 9.03. The zero-order valence-electron chi connectivity index (χ0n) is 15.2. The fourth-order valence-corrected chi connectivity index (χ4v) is 4.23. The third kappa shape index (κ3) is 3.60. The van der Waals surface area contributed by atoms with E-state index in [1.807, 2.05) is 29.2 Å². The van der Waals surface area contributed by atoms with Crippen molar-refractivity contribution in [3.63, 3.8) is 0 Å². The summed E-state index contributed by atoms with van der Waals surface area (Å²) in [5, 5.41) is 10.3. The highest BCUT2D eigenvalue weighted by Crippen LogP contribution is 2.33. The molecule has 1 aliphatic rings. The number of carbonyl (C=O) groups is 1. The van der Waals surface area contributed by atoms with Gasteiger partial charge in [0.15, 0.2) is 0 Å². The van der Waals surface area contributed by atoms with Gasteiger partial charge in [0.2, 0.25) is 0 Å². The Morgan fingerprint density at radius 2 is 1.79 bits per heavy atom. The van der Waals surface area contributed by atoms with E-state index in [2.05, 4.69) is 0 Å². The standard InChI is InChI=1S/C21H17F3N2O2S/c22-21(23,24)14-7-5-13(6-8-14)11-25-10-9-16-15-3-1-2-4-17(15)26(12-18(27)28)19(16)20(25)29/h1-8H,9-12H2,(H,27,28). The van der Waals surface area contributed by atoms with Crippen LogP contribution in [-0.4, -0.2) is 32.1 Å². The quantitative estimate of drug-likeness (QED) is 0.635. The van der Waals surface area contributed by atoms with E-state index >= 15 is 0 Å². The minimum Gasteiger partial charge on any atom is -0.480 e. The normalized spacial score (nSPS) is 14.3. The number of fused-ring (bicyclic) bond motifs is 3. The molecule has 1 aliphatic heterocycles. The summed E-state index contributed by atoms with van der Waals surface area (Å²) in [5.41, 5.74) is 2.58. The van der Waals surface area contributed by atoms with Crippen LogP contribution in [0.5, 0.6) is 0 Å². The van der Waals surface area contributed by atoms with Crippen LogP contribution < -0.4 is 0 Å². The second-order valence-corrected chi connectivity index (χ2v) is 7.38. The first-order chi connectivity index (χ1) is 13.8. The molecule has 1 N–H and O–H groups in total. The van der Waals surface area contributed by atoms with Gasteiger partial charge in [0, 0.05) is 24.0 Å². The Labute approximate surface area is 170 Å². The Balaban J connectivity index is 1.67. The molecule has 0 unspecified atom stereocenters. The molecule has 0 bridgehead atoms. The van der Waals surface area contributed by atoms with Crippen LogP contribution in [0, 0.1) is 0 Å². The van der Waals surface area contributed by atoms with Crippen molar-refractivity contribution in [3.8, 4) is 0 Å². The smallest absolute Gasteiger partial charge is 0.416 e. The average Bonchev–Trinajstić information content (AvgIpc) is 2.98. The number of hydrogen-bond acceptors (Lipinski definition) is 2. The van der Waals surface area contributed by atoms with Gasteiger partial charge in [-0.1, -0.05) is 42.5 Å². The number of thiocarbonyl (C=S) groups is 1. The first-order valence-corrected chi connectivity index (χ1v) is 9.44. The fourth-order valence-electron chi connectivity index (χ4n) is 3.84. The van der Waals surface area contributed by atoms with E-state index < -0.39 is 17.7 Å². The molecule has 4 nitrogen and oxygen atoms in total. The van der Waals surface area contributed by atoms with Gasteiger partial charge in [-0.25, -0.2) is 0 Å². The SMILES string of the molecule is O=C(O)Cn1c2c(c3ccccc31)CCN(Cc1ccc(C(F)(F)F)cc1)C2=S. The maximum Gasteiger partial charge on any atom is 0.416 e. The number of carboxylic acids is 1. The van der Waals surface area contributed by atoms with Crippen LogP contribution in [0.15, 0.2) is 48.5 Å². The topological polar surface area (TPSA) is 45.5 Å². The molecule has 0 amide bonds. The molecule has 0 spiro atoms. The molecule has 0 saturated carbocycles. The zero-order chi connectivity index (χ0) is 20.8. The van der Waals surface area contributed by atoms with E-state index in [-0.39, 0.29) is 6.54 Å². The number of aliphatic carboxylic acids is 1. The van der Waals surface area contributed by atoms with Crippen molar-refractivity contribution < 1.29 is 23.1 Å². The largest absolute Gasteiger partial charge is 0.480 e. The summed E-state index contributed by atoms with van der Waals surface area (Å²) in [6.07, 6.45) is -3.69. The van der Waals surface area contributed by atoms with E-state index in [9.17, 15) is 23.1 Å². The molecule has 2 aromatic carbocycles. The highest BCUT2D eigenvalue weighted by atomic mass is 32.1. The number of hydrogen-bond donors (Lipinski definition) is 1. The summed E-state index contributed by atoms with van der Waals surface area (Å²) in [7, 11) is 0. The van der Waals surface area contributed by atoms with Gasteiger partial charge in [0.1, 0.15) is 11.5 Å². The monoisotopic (exact) mass is 418 g/mol. The first kappa shape index (κ1) is 19.4. The van der Waals surface area contributed by atoms with Crippen LogP contribution in [-0.2, 0) is 30.5 Å². The number of aromatic nitrogens is 1. The molecule has 0 saturated heterocycles. The van der Waals surface area contributed by atoms with Crippen LogP contribution in [0.2, 0.25) is 0 Å². The molecular formula is C21H17F3N2O2S. The second kappa shape index (κ2) is 7.18. The molecule has 0 atom stereocenters. The van der Waals surface area contributed by atoms with Crippen LogP contribution in [0.3, 0.4) is 0 Å². The van der Waals surface area contributed by atoms with Crippen molar-refractivity contribution in [2.24, 2.45) is 0 Å². The third-order valence-corrected chi connectivity index (χ3v) is 5.60. The maximum atomic E-state index is 12.8. The molecule has 0 fully saturated rings. The van der Waals surface area contributed by atoms with Crippen molar-refractivity contribution in [3.05, 3.63) is 70.9 Å². The van der Waals surface area contributed by atoms with Crippen molar-refractivity contribution in [2.45, 2.75) is 25.7 Å². The van der Waals surface area contributed by atoms with E-state index in [1.54, 1.807) is 4.57 Å². The predicted molar refractivity (Wildman–Crippen MR) is 107 cm³/mol. The molecule has 29 heavy (non-hydrogen) atoms. The number of nitrogens with zero attached hydrogens (tertiary/aromatic N) is 2. The Morgan fingerprint density at radius 3 is 2.45 bits per heavy atom. The lowest BCUT2D eigenvalue weighted by atomic mass is 10.0. The summed E-state index contributed by atoms with van der Waals surface area (Å²) in [5.74, 6) is -0.962. The van der Waals surface area contributed by atoms with Crippen molar-refractivity contribution in [2.75, 3.05) is 6.54 Å². The van der Waals surface area contributed by atoms with E-state index in [1.165, 1.54) is 12.1 Å². The number of alkyl halides is 3. The summed E-state index contributed by atoms with van der Waals surface area (Å²) in [6.45, 7) is 0.781. The minimum absolute atomic E-state index is 0.204. The molecule has 150 valence electrons. The number of para-hydroxylation sites is 1.